The first-order chi connectivity index (χ1) is 8.69. The van der Waals surface area contributed by atoms with E-state index >= 15 is 0 Å². The third-order valence-corrected chi connectivity index (χ3v) is 2.63. The number of carbonyl (C=O) groups excluding carboxylic acids is 1. The standard InChI is InChI=1S/C14H18N2O2/c1-3-18-14(17)11(2)16-10-13(9-15)12-7-5-4-6-8-12/h4-8,11,13,16H,3,10H2,1-2H3. The molecule has 1 rings (SSSR count). The Morgan fingerprint density at radius 2 is 2.11 bits per heavy atom. The Balaban J connectivity index is 2.51. The fourth-order valence-corrected chi connectivity index (χ4v) is 1.57. The van der Waals surface area contributed by atoms with Crippen LogP contribution >= 0.6 is 0 Å². The molecule has 0 aliphatic heterocycles. The summed E-state index contributed by atoms with van der Waals surface area (Å²) in [5, 5.41) is 12.1. The second-order valence-electron chi connectivity index (χ2n) is 3.97. The summed E-state index contributed by atoms with van der Waals surface area (Å²) in [6.45, 7) is 4.30. The summed E-state index contributed by atoms with van der Waals surface area (Å²) < 4.78 is 4.89. The number of rotatable bonds is 6. The van der Waals surface area contributed by atoms with E-state index in [2.05, 4.69) is 11.4 Å². The van der Waals surface area contributed by atoms with E-state index < -0.39 is 6.04 Å². The topological polar surface area (TPSA) is 62.1 Å². The lowest BCUT2D eigenvalue weighted by molar-refractivity contribution is -0.145. The van der Waals surface area contributed by atoms with Gasteiger partial charge in [0.15, 0.2) is 0 Å². The zero-order valence-electron chi connectivity index (χ0n) is 10.7. The Morgan fingerprint density at radius 1 is 1.44 bits per heavy atom. The number of esters is 1. The Bertz CT molecular complexity index is 412. The smallest absolute Gasteiger partial charge is 0.322 e. The highest BCUT2D eigenvalue weighted by Gasteiger charge is 2.16. The highest BCUT2D eigenvalue weighted by molar-refractivity contribution is 5.75. The molecular formula is C14H18N2O2. The fraction of sp³-hybridized carbons (Fsp3) is 0.429. The van der Waals surface area contributed by atoms with Crippen LogP contribution in [0.25, 0.3) is 0 Å². The van der Waals surface area contributed by atoms with Gasteiger partial charge in [0, 0.05) is 6.54 Å². The molecule has 0 heterocycles. The maximum Gasteiger partial charge on any atom is 0.322 e. The van der Waals surface area contributed by atoms with Crippen molar-refractivity contribution in [3.63, 3.8) is 0 Å². The minimum atomic E-state index is -0.399. The lowest BCUT2D eigenvalue weighted by atomic mass is 10.0. The minimum Gasteiger partial charge on any atom is -0.465 e. The average molecular weight is 246 g/mol. The molecule has 0 aromatic heterocycles. The maximum absolute atomic E-state index is 11.4. The number of nitrogens with one attached hydrogen (secondary N) is 1. The molecule has 1 N–H and O–H groups in total. The van der Waals surface area contributed by atoms with Crippen LogP contribution in [0.5, 0.6) is 0 Å². The van der Waals surface area contributed by atoms with Gasteiger partial charge in [0.1, 0.15) is 6.04 Å². The van der Waals surface area contributed by atoms with Crippen molar-refractivity contribution in [1.82, 2.24) is 5.32 Å². The number of nitrogens with zero attached hydrogens (tertiary/aromatic N) is 1. The van der Waals surface area contributed by atoms with Gasteiger partial charge < -0.3 is 10.1 Å². The number of ether oxygens (including phenoxy) is 1. The van der Waals surface area contributed by atoms with E-state index in [-0.39, 0.29) is 11.9 Å². The quantitative estimate of drug-likeness (QED) is 0.778. The van der Waals surface area contributed by atoms with Gasteiger partial charge in [-0.25, -0.2) is 0 Å². The van der Waals surface area contributed by atoms with Gasteiger partial charge in [0.05, 0.1) is 18.6 Å². The zero-order chi connectivity index (χ0) is 13.4. The highest BCUT2D eigenvalue weighted by Crippen LogP contribution is 2.13. The van der Waals surface area contributed by atoms with Crippen LogP contribution in [0.15, 0.2) is 30.3 Å². The molecule has 1 aromatic rings. The van der Waals surface area contributed by atoms with Crippen molar-refractivity contribution in [2.75, 3.05) is 13.2 Å². The van der Waals surface area contributed by atoms with Crippen LogP contribution in [0.1, 0.15) is 25.3 Å². The molecule has 4 heteroatoms. The second kappa shape index (κ2) is 7.46. The maximum atomic E-state index is 11.4. The van der Waals surface area contributed by atoms with E-state index in [1.807, 2.05) is 30.3 Å². The predicted molar refractivity (Wildman–Crippen MR) is 68.9 cm³/mol. The van der Waals surface area contributed by atoms with Crippen molar-refractivity contribution in [1.29, 1.82) is 5.26 Å². The van der Waals surface area contributed by atoms with E-state index in [1.54, 1.807) is 13.8 Å². The fourth-order valence-electron chi connectivity index (χ4n) is 1.57. The molecule has 0 saturated heterocycles. The van der Waals surface area contributed by atoms with Crippen LogP contribution in [0, 0.1) is 11.3 Å². The number of hydrogen-bond donors (Lipinski definition) is 1. The minimum absolute atomic E-state index is 0.261. The number of carbonyl (C=O) groups is 1. The van der Waals surface area contributed by atoms with Crippen LogP contribution in [-0.4, -0.2) is 25.2 Å². The first-order valence-corrected chi connectivity index (χ1v) is 6.03. The Morgan fingerprint density at radius 3 is 2.67 bits per heavy atom. The number of benzene rings is 1. The van der Waals surface area contributed by atoms with Crippen LogP contribution in [0.4, 0.5) is 0 Å². The van der Waals surface area contributed by atoms with Gasteiger partial charge in [-0.05, 0) is 19.4 Å². The molecule has 2 atom stereocenters. The number of nitriles is 1. The van der Waals surface area contributed by atoms with Gasteiger partial charge in [-0.15, -0.1) is 0 Å². The third kappa shape index (κ3) is 4.19. The monoisotopic (exact) mass is 246 g/mol. The summed E-state index contributed by atoms with van der Waals surface area (Å²) in [5.74, 6) is -0.551. The van der Waals surface area contributed by atoms with Gasteiger partial charge in [0.2, 0.25) is 0 Å². The molecule has 18 heavy (non-hydrogen) atoms. The van der Waals surface area contributed by atoms with Crippen molar-refractivity contribution in [2.45, 2.75) is 25.8 Å². The lowest BCUT2D eigenvalue weighted by Gasteiger charge is -2.15. The molecule has 0 amide bonds. The van der Waals surface area contributed by atoms with Crippen LogP contribution in [-0.2, 0) is 9.53 Å². The van der Waals surface area contributed by atoms with Crippen molar-refractivity contribution < 1.29 is 9.53 Å². The molecule has 0 spiro atoms. The molecule has 0 radical (unpaired) electrons. The normalized spacial score (nSPS) is 13.4. The number of hydrogen-bond acceptors (Lipinski definition) is 4. The van der Waals surface area contributed by atoms with E-state index in [4.69, 9.17) is 10.00 Å². The third-order valence-electron chi connectivity index (χ3n) is 2.63. The molecule has 2 unspecified atom stereocenters. The van der Waals surface area contributed by atoms with Gasteiger partial charge in [0.25, 0.3) is 0 Å². The molecule has 0 aliphatic rings. The molecular weight excluding hydrogens is 228 g/mol. The van der Waals surface area contributed by atoms with Crippen molar-refractivity contribution in [3.05, 3.63) is 35.9 Å². The Kier molecular flexibility index (Phi) is 5.89. The lowest BCUT2D eigenvalue weighted by Crippen LogP contribution is -2.37. The predicted octanol–water partition coefficient (Wildman–Crippen LogP) is 1.83. The van der Waals surface area contributed by atoms with E-state index in [0.717, 1.165) is 5.56 Å². The summed E-state index contributed by atoms with van der Waals surface area (Å²) in [7, 11) is 0. The van der Waals surface area contributed by atoms with E-state index in [1.165, 1.54) is 0 Å². The van der Waals surface area contributed by atoms with Crippen LogP contribution in [0.2, 0.25) is 0 Å². The summed E-state index contributed by atoms with van der Waals surface area (Å²) in [6, 6.07) is 11.3. The molecule has 0 aliphatic carbocycles. The molecule has 1 aromatic carbocycles. The van der Waals surface area contributed by atoms with Gasteiger partial charge in [-0.2, -0.15) is 5.26 Å². The van der Waals surface area contributed by atoms with Crippen LogP contribution in [0.3, 0.4) is 0 Å². The highest BCUT2D eigenvalue weighted by atomic mass is 16.5. The SMILES string of the molecule is CCOC(=O)C(C)NCC(C#N)c1ccccc1. The van der Waals surface area contributed by atoms with E-state index in [0.29, 0.717) is 13.2 Å². The van der Waals surface area contributed by atoms with E-state index in [9.17, 15) is 4.79 Å². The Hall–Kier alpha value is -1.86. The molecule has 0 fully saturated rings. The average Bonchev–Trinajstić information content (AvgIpc) is 2.40. The first-order valence-electron chi connectivity index (χ1n) is 6.03. The largest absolute Gasteiger partial charge is 0.465 e. The molecule has 0 bridgehead atoms. The van der Waals surface area contributed by atoms with Crippen molar-refractivity contribution in [3.8, 4) is 6.07 Å². The second-order valence-corrected chi connectivity index (χ2v) is 3.97. The molecule has 0 saturated carbocycles. The zero-order valence-corrected chi connectivity index (χ0v) is 10.7. The molecule has 96 valence electrons. The summed E-state index contributed by atoms with van der Waals surface area (Å²) in [6.07, 6.45) is 0. The summed E-state index contributed by atoms with van der Waals surface area (Å²) in [5.41, 5.74) is 0.948. The van der Waals surface area contributed by atoms with Crippen molar-refractivity contribution >= 4 is 5.97 Å². The van der Waals surface area contributed by atoms with Gasteiger partial charge in [-0.1, -0.05) is 30.3 Å². The van der Waals surface area contributed by atoms with Crippen molar-refractivity contribution in [2.24, 2.45) is 0 Å². The summed E-state index contributed by atoms with van der Waals surface area (Å²) in [4.78, 5) is 11.4. The van der Waals surface area contributed by atoms with Gasteiger partial charge >= 0.3 is 5.97 Å². The van der Waals surface area contributed by atoms with Crippen LogP contribution < -0.4 is 5.32 Å². The Labute approximate surface area is 108 Å². The summed E-state index contributed by atoms with van der Waals surface area (Å²) >= 11 is 0. The molecule has 4 nitrogen and oxygen atoms in total. The van der Waals surface area contributed by atoms with Gasteiger partial charge in [-0.3, -0.25) is 4.79 Å². The first kappa shape index (κ1) is 14.2.